The van der Waals surface area contributed by atoms with E-state index in [-0.39, 0.29) is 0 Å². The molecule has 1 aliphatic rings. The van der Waals surface area contributed by atoms with Crippen molar-refractivity contribution in [3.63, 3.8) is 0 Å². The van der Waals surface area contributed by atoms with Gasteiger partial charge in [-0.3, -0.25) is 0 Å². The molecule has 0 aliphatic carbocycles. The third-order valence-electron chi connectivity index (χ3n) is 4.23. The molecule has 0 atom stereocenters. The summed E-state index contributed by atoms with van der Waals surface area (Å²) in [5.74, 6) is 1.86. The van der Waals surface area contributed by atoms with Crippen LogP contribution in [0, 0.1) is 0 Å². The predicted molar refractivity (Wildman–Crippen MR) is 89.0 cm³/mol. The van der Waals surface area contributed by atoms with E-state index in [2.05, 4.69) is 67.0 Å². The fourth-order valence-electron chi connectivity index (χ4n) is 3.33. The number of fused-ring (bicyclic) bond motifs is 5. The van der Waals surface area contributed by atoms with Crippen molar-refractivity contribution in [1.29, 1.82) is 0 Å². The first kappa shape index (κ1) is 11.0. The summed E-state index contributed by atoms with van der Waals surface area (Å²) >= 11 is 0. The molecule has 98 valence electrons. The van der Waals surface area contributed by atoms with Gasteiger partial charge in [0, 0.05) is 10.8 Å². The van der Waals surface area contributed by atoms with Crippen molar-refractivity contribution < 1.29 is 4.74 Å². The zero-order valence-corrected chi connectivity index (χ0v) is 11.6. The van der Waals surface area contributed by atoms with Crippen LogP contribution in [0.2, 0.25) is 0 Å². The molecule has 3 heteroatoms. The Morgan fingerprint density at radius 2 is 1.67 bits per heavy atom. The number of ether oxygens (including phenoxy) is 1. The Morgan fingerprint density at radius 1 is 0.810 bits per heavy atom. The van der Waals surface area contributed by atoms with Crippen molar-refractivity contribution in [2.75, 3.05) is 0 Å². The Labute approximate surface area is 123 Å². The maximum Gasteiger partial charge on any atom is 0.152 e. The maximum atomic E-state index is 6.14. The molecule has 5 rings (SSSR count). The number of hydrogen-bond donors (Lipinski definition) is 0. The molecule has 0 saturated heterocycles. The lowest BCUT2D eigenvalue weighted by Gasteiger charge is -2.21. The largest absolute Gasteiger partial charge is 0.453 e. The maximum absolute atomic E-state index is 6.14. The molecule has 4 aromatic rings. The van der Waals surface area contributed by atoms with Gasteiger partial charge in [0.25, 0.3) is 0 Å². The van der Waals surface area contributed by atoms with Gasteiger partial charge < -0.3 is 9.30 Å². The second-order valence-electron chi connectivity index (χ2n) is 5.58. The molecular weight excluding hydrogens is 257 g/mol. The first-order valence-electron chi connectivity index (χ1n) is 7.14. The number of benzene rings is 3. The number of rotatable bonds is 0. The average Bonchev–Trinajstić information content (AvgIpc) is 2.84. The molecule has 0 radical (unpaired) electrons. The lowest BCUT2D eigenvalue weighted by Crippen LogP contribution is -2.09. The van der Waals surface area contributed by atoms with Crippen molar-refractivity contribution in [3.8, 4) is 17.2 Å². The van der Waals surface area contributed by atoms with E-state index in [1.54, 1.807) is 0 Å². The number of aromatic nitrogens is 1. The van der Waals surface area contributed by atoms with Crippen LogP contribution in [0.15, 0.2) is 60.7 Å². The summed E-state index contributed by atoms with van der Waals surface area (Å²) in [6, 6.07) is 21.2. The zero-order chi connectivity index (χ0) is 14.0. The zero-order valence-electron chi connectivity index (χ0n) is 11.6. The Balaban J connectivity index is 2.07. The molecule has 0 bridgehead atoms. The van der Waals surface area contributed by atoms with Crippen LogP contribution in [0.5, 0.6) is 11.5 Å². The van der Waals surface area contributed by atoms with Gasteiger partial charge >= 0.3 is 0 Å². The highest BCUT2D eigenvalue weighted by molar-refractivity contribution is 6.32. The molecule has 3 aromatic carbocycles. The first-order chi connectivity index (χ1) is 10.3. The van der Waals surface area contributed by atoms with Crippen molar-refractivity contribution in [3.05, 3.63) is 60.7 Å². The van der Waals surface area contributed by atoms with Gasteiger partial charge in [0.15, 0.2) is 11.5 Å². The summed E-state index contributed by atoms with van der Waals surface area (Å²) in [5.41, 5.74) is 4.72. The van der Waals surface area contributed by atoms with Gasteiger partial charge in [-0.25, -0.2) is 0 Å². The van der Waals surface area contributed by atoms with Gasteiger partial charge in [-0.05, 0) is 24.3 Å². The van der Waals surface area contributed by atoms with E-state index in [0.717, 1.165) is 22.7 Å². The van der Waals surface area contributed by atoms with E-state index in [1.165, 1.54) is 21.8 Å². The van der Waals surface area contributed by atoms with Crippen LogP contribution >= 0.6 is 0 Å². The molecule has 21 heavy (non-hydrogen) atoms. The van der Waals surface area contributed by atoms with Crippen LogP contribution < -0.4 is 10.2 Å². The number of nitrogens with zero attached hydrogens (tertiary/aromatic N) is 1. The van der Waals surface area contributed by atoms with Crippen molar-refractivity contribution in [1.82, 2.24) is 4.57 Å². The van der Waals surface area contributed by atoms with Crippen LogP contribution in [-0.4, -0.2) is 12.4 Å². The summed E-state index contributed by atoms with van der Waals surface area (Å²) in [6.45, 7) is 0. The monoisotopic (exact) mass is 269 g/mol. The average molecular weight is 269 g/mol. The third-order valence-corrected chi connectivity index (χ3v) is 4.23. The van der Waals surface area contributed by atoms with Crippen molar-refractivity contribution >= 4 is 35.1 Å². The molecular formula is C18H12BNO. The lowest BCUT2D eigenvalue weighted by molar-refractivity contribution is 0.477. The highest BCUT2D eigenvalue weighted by Gasteiger charge is 2.22. The molecule has 1 aromatic heterocycles. The molecule has 1 aliphatic heterocycles. The minimum absolute atomic E-state index is 0.927. The SMILES string of the molecule is Bc1ccc2c(c1)Oc1cccc3c4ccccc4n-2c13. The fraction of sp³-hybridized carbons (Fsp3) is 0. The molecule has 0 fully saturated rings. The minimum atomic E-state index is 0.927. The molecule has 0 N–H and O–H groups in total. The Hall–Kier alpha value is -2.68. The minimum Gasteiger partial charge on any atom is -0.453 e. The second-order valence-corrected chi connectivity index (χ2v) is 5.58. The normalized spacial score (nSPS) is 12.4. The van der Waals surface area contributed by atoms with Gasteiger partial charge in [0.2, 0.25) is 0 Å². The lowest BCUT2D eigenvalue weighted by atomic mass is 9.95. The highest BCUT2D eigenvalue weighted by Crippen LogP contribution is 2.44. The molecule has 0 unspecified atom stereocenters. The van der Waals surface area contributed by atoms with E-state index in [4.69, 9.17) is 4.74 Å². The topological polar surface area (TPSA) is 14.2 Å². The van der Waals surface area contributed by atoms with E-state index in [1.807, 2.05) is 6.07 Å². The van der Waals surface area contributed by atoms with E-state index < -0.39 is 0 Å². The molecule has 0 amide bonds. The van der Waals surface area contributed by atoms with Crippen molar-refractivity contribution in [2.45, 2.75) is 0 Å². The standard InChI is InChI=1S/C18H12BNO/c19-11-8-9-15-17(10-11)21-16-7-3-5-13-12-4-1-2-6-14(12)20(15)18(13)16/h1-10H,19H2. The smallest absolute Gasteiger partial charge is 0.152 e. The summed E-state index contributed by atoms with van der Waals surface area (Å²) in [7, 11) is 2.09. The van der Waals surface area contributed by atoms with Gasteiger partial charge in [-0.1, -0.05) is 41.9 Å². The third kappa shape index (κ3) is 1.33. The Kier molecular flexibility index (Phi) is 1.94. The molecule has 2 heterocycles. The second kappa shape index (κ2) is 3.70. The molecule has 0 saturated carbocycles. The highest BCUT2D eigenvalue weighted by atomic mass is 16.5. The van der Waals surface area contributed by atoms with Crippen LogP contribution in [0.25, 0.3) is 27.5 Å². The quantitative estimate of drug-likeness (QED) is 0.394. The van der Waals surface area contributed by atoms with E-state index in [9.17, 15) is 0 Å². The summed E-state index contributed by atoms with van der Waals surface area (Å²) in [6.07, 6.45) is 0. The van der Waals surface area contributed by atoms with Gasteiger partial charge in [0.05, 0.1) is 16.7 Å². The van der Waals surface area contributed by atoms with Crippen LogP contribution in [0.3, 0.4) is 0 Å². The molecule has 0 spiro atoms. The Bertz CT molecular complexity index is 1030. The fourth-order valence-corrected chi connectivity index (χ4v) is 3.33. The first-order valence-corrected chi connectivity index (χ1v) is 7.14. The predicted octanol–water partition coefficient (Wildman–Crippen LogP) is 3.15. The number of hydrogen-bond acceptors (Lipinski definition) is 1. The van der Waals surface area contributed by atoms with Crippen LogP contribution in [0.1, 0.15) is 0 Å². The van der Waals surface area contributed by atoms with Crippen LogP contribution in [0.4, 0.5) is 0 Å². The van der Waals surface area contributed by atoms with Gasteiger partial charge in [-0.15, -0.1) is 0 Å². The van der Waals surface area contributed by atoms with Gasteiger partial charge in [0.1, 0.15) is 7.85 Å². The van der Waals surface area contributed by atoms with Crippen molar-refractivity contribution in [2.24, 2.45) is 0 Å². The summed E-state index contributed by atoms with van der Waals surface area (Å²) < 4.78 is 8.46. The molecule has 2 nitrogen and oxygen atoms in total. The number of para-hydroxylation sites is 2. The van der Waals surface area contributed by atoms with E-state index in [0.29, 0.717) is 0 Å². The van der Waals surface area contributed by atoms with Gasteiger partial charge in [-0.2, -0.15) is 0 Å². The van der Waals surface area contributed by atoms with Crippen LogP contribution in [-0.2, 0) is 0 Å². The Morgan fingerprint density at radius 3 is 2.62 bits per heavy atom. The van der Waals surface area contributed by atoms with E-state index >= 15 is 0 Å². The summed E-state index contributed by atoms with van der Waals surface area (Å²) in [5, 5.41) is 2.51. The summed E-state index contributed by atoms with van der Waals surface area (Å²) in [4.78, 5) is 0.